The van der Waals surface area contributed by atoms with Gasteiger partial charge in [0.1, 0.15) is 11.6 Å². The van der Waals surface area contributed by atoms with Gasteiger partial charge >= 0.3 is 0 Å². The highest BCUT2D eigenvalue weighted by molar-refractivity contribution is 5.94. The van der Waals surface area contributed by atoms with E-state index in [1.165, 1.54) is 12.1 Å². The van der Waals surface area contributed by atoms with Crippen LogP contribution in [0.5, 0.6) is 0 Å². The van der Waals surface area contributed by atoms with Gasteiger partial charge in [0, 0.05) is 24.6 Å². The zero-order valence-corrected chi connectivity index (χ0v) is 10.4. The molecule has 1 fully saturated rings. The number of nitrogens with zero attached hydrogens (tertiary/aromatic N) is 1. The minimum atomic E-state index is -0.382. The molecule has 4 heteroatoms. The fraction of sp³-hybridized carbons (Fsp3) is 0.267. The monoisotopic (exact) mass is 259 g/mol. The first kappa shape index (κ1) is 12.0. The van der Waals surface area contributed by atoms with Crippen LogP contribution in [0.2, 0.25) is 0 Å². The molecule has 19 heavy (non-hydrogen) atoms. The van der Waals surface area contributed by atoms with Crippen molar-refractivity contribution in [3.63, 3.8) is 0 Å². The Morgan fingerprint density at radius 1 is 1.32 bits per heavy atom. The van der Waals surface area contributed by atoms with Crippen molar-refractivity contribution in [3.8, 4) is 0 Å². The van der Waals surface area contributed by atoms with Crippen LogP contribution in [-0.2, 0) is 0 Å². The van der Waals surface area contributed by atoms with E-state index in [1.54, 1.807) is 23.3 Å². The molecule has 0 bridgehead atoms. The highest BCUT2D eigenvalue weighted by Gasteiger charge is 2.29. The molecule has 3 rings (SSSR count). The van der Waals surface area contributed by atoms with Crippen LogP contribution in [0.25, 0.3) is 0 Å². The van der Waals surface area contributed by atoms with Crippen LogP contribution in [0.1, 0.15) is 28.5 Å². The molecule has 0 saturated carbocycles. The molecule has 0 N–H and O–H groups in total. The molecule has 1 aromatic heterocycles. The van der Waals surface area contributed by atoms with Gasteiger partial charge in [0.05, 0.1) is 6.26 Å². The number of likely N-dealkylation sites (tertiary alicyclic amines) is 1. The summed E-state index contributed by atoms with van der Waals surface area (Å²) in [6.07, 6.45) is 2.53. The predicted molar refractivity (Wildman–Crippen MR) is 68.4 cm³/mol. The fourth-order valence-electron chi connectivity index (χ4n) is 2.50. The summed E-state index contributed by atoms with van der Waals surface area (Å²) in [5.41, 5.74) is 0.403. The van der Waals surface area contributed by atoms with E-state index in [4.69, 9.17) is 4.42 Å². The number of carbonyl (C=O) groups is 1. The highest BCUT2D eigenvalue weighted by Crippen LogP contribution is 2.28. The van der Waals surface area contributed by atoms with Crippen molar-refractivity contribution < 1.29 is 13.6 Å². The Bertz CT molecular complexity index is 580. The van der Waals surface area contributed by atoms with Gasteiger partial charge in [0.15, 0.2) is 0 Å². The number of benzene rings is 1. The van der Waals surface area contributed by atoms with Crippen LogP contribution in [0.15, 0.2) is 47.1 Å². The molecule has 3 nitrogen and oxygen atoms in total. The summed E-state index contributed by atoms with van der Waals surface area (Å²) in [5.74, 6) is 0.656. The molecular formula is C15H14FNO2. The minimum absolute atomic E-state index is 0.117. The molecule has 1 unspecified atom stereocenters. The van der Waals surface area contributed by atoms with Gasteiger partial charge in [-0.2, -0.15) is 0 Å². The third-order valence-electron chi connectivity index (χ3n) is 3.49. The summed E-state index contributed by atoms with van der Waals surface area (Å²) in [7, 11) is 0. The predicted octanol–water partition coefficient (Wildman–Crippen LogP) is 3.05. The van der Waals surface area contributed by atoms with Crippen LogP contribution >= 0.6 is 0 Å². The van der Waals surface area contributed by atoms with E-state index in [0.717, 1.165) is 12.2 Å². The van der Waals surface area contributed by atoms with E-state index in [2.05, 4.69) is 0 Å². The second-order valence-corrected chi connectivity index (χ2v) is 4.76. The Morgan fingerprint density at radius 2 is 2.21 bits per heavy atom. The number of carbonyl (C=O) groups excluding carboxylic acids is 1. The molecule has 1 aromatic carbocycles. The average molecular weight is 259 g/mol. The lowest BCUT2D eigenvalue weighted by molar-refractivity contribution is 0.0789. The summed E-state index contributed by atoms with van der Waals surface area (Å²) in [5, 5.41) is 0. The number of amides is 1. The maximum Gasteiger partial charge on any atom is 0.253 e. The highest BCUT2D eigenvalue weighted by atomic mass is 19.1. The zero-order valence-electron chi connectivity index (χ0n) is 10.4. The van der Waals surface area contributed by atoms with Crippen molar-refractivity contribution in [2.75, 3.05) is 13.1 Å². The lowest BCUT2D eigenvalue weighted by Gasteiger charge is -2.16. The Balaban J connectivity index is 1.73. The van der Waals surface area contributed by atoms with Gasteiger partial charge in [0.25, 0.3) is 5.91 Å². The van der Waals surface area contributed by atoms with Crippen LogP contribution in [0, 0.1) is 5.82 Å². The van der Waals surface area contributed by atoms with Crippen molar-refractivity contribution in [2.24, 2.45) is 0 Å². The molecule has 98 valence electrons. The molecule has 0 spiro atoms. The fourth-order valence-corrected chi connectivity index (χ4v) is 2.50. The van der Waals surface area contributed by atoms with Crippen LogP contribution < -0.4 is 0 Å². The summed E-state index contributed by atoms with van der Waals surface area (Å²) in [6.45, 7) is 1.31. The van der Waals surface area contributed by atoms with E-state index in [-0.39, 0.29) is 17.6 Å². The maximum absolute atomic E-state index is 13.1. The second-order valence-electron chi connectivity index (χ2n) is 4.76. The summed E-state index contributed by atoms with van der Waals surface area (Å²) in [4.78, 5) is 14.0. The van der Waals surface area contributed by atoms with Crippen LogP contribution in [-0.4, -0.2) is 23.9 Å². The SMILES string of the molecule is O=C(c1cccc(F)c1)N1CCC(c2ccco2)C1. The van der Waals surface area contributed by atoms with Gasteiger partial charge < -0.3 is 9.32 Å². The van der Waals surface area contributed by atoms with Crippen molar-refractivity contribution in [1.29, 1.82) is 0 Å². The lowest BCUT2D eigenvalue weighted by atomic mass is 10.1. The Labute approximate surface area is 110 Å². The number of halogens is 1. The smallest absolute Gasteiger partial charge is 0.253 e. The molecule has 0 aliphatic carbocycles. The molecule has 2 heterocycles. The van der Waals surface area contributed by atoms with Crippen LogP contribution in [0.3, 0.4) is 0 Å². The molecular weight excluding hydrogens is 245 g/mol. The topological polar surface area (TPSA) is 33.5 Å². The molecule has 1 aliphatic heterocycles. The number of hydrogen-bond donors (Lipinski definition) is 0. The van der Waals surface area contributed by atoms with E-state index in [9.17, 15) is 9.18 Å². The summed E-state index contributed by atoms with van der Waals surface area (Å²) in [6, 6.07) is 9.61. The minimum Gasteiger partial charge on any atom is -0.469 e. The Morgan fingerprint density at radius 3 is 2.95 bits per heavy atom. The molecule has 1 atom stereocenters. The molecule has 1 saturated heterocycles. The molecule has 1 aliphatic rings. The van der Waals surface area contributed by atoms with Crippen molar-refractivity contribution in [3.05, 3.63) is 59.8 Å². The first-order chi connectivity index (χ1) is 9.24. The first-order valence-corrected chi connectivity index (χ1v) is 6.32. The Kier molecular flexibility index (Phi) is 3.07. The Hall–Kier alpha value is -2.10. The molecule has 1 amide bonds. The molecule has 0 radical (unpaired) electrons. The lowest BCUT2D eigenvalue weighted by Crippen LogP contribution is -2.28. The van der Waals surface area contributed by atoms with Crippen LogP contribution in [0.4, 0.5) is 4.39 Å². The normalized spacial score (nSPS) is 18.8. The van der Waals surface area contributed by atoms with E-state index in [0.29, 0.717) is 18.7 Å². The largest absolute Gasteiger partial charge is 0.469 e. The van der Waals surface area contributed by atoms with E-state index < -0.39 is 0 Å². The maximum atomic E-state index is 13.1. The zero-order chi connectivity index (χ0) is 13.2. The van der Waals surface area contributed by atoms with E-state index >= 15 is 0 Å². The standard InChI is InChI=1S/C15H14FNO2/c16-13-4-1-3-11(9-13)15(18)17-7-6-12(10-17)14-5-2-8-19-14/h1-5,8-9,12H,6-7,10H2. The first-order valence-electron chi connectivity index (χ1n) is 6.32. The van der Waals surface area contributed by atoms with Gasteiger partial charge in [-0.15, -0.1) is 0 Å². The third kappa shape index (κ3) is 2.38. The van der Waals surface area contributed by atoms with Crippen molar-refractivity contribution in [1.82, 2.24) is 4.90 Å². The quantitative estimate of drug-likeness (QED) is 0.830. The van der Waals surface area contributed by atoms with Gasteiger partial charge in [0.2, 0.25) is 0 Å². The van der Waals surface area contributed by atoms with Gasteiger partial charge in [-0.1, -0.05) is 6.07 Å². The molecule has 2 aromatic rings. The van der Waals surface area contributed by atoms with Crippen molar-refractivity contribution >= 4 is 5.91 Å². The van der Waals surface area contributed by atoms with Gasteiger partial charge in [-0.3, -0.25) is 4.79 Å². The van der Waals surface area contributed by atoms with Gasteiger partial charge in [-0.05, 0) is 36.8 Å². The summed E-state index contributed by atoms with van der Waals surface area (Å²) >= 11 is 0. The number of furan rings is 1. The summed E-state index contributed by atoms with van der Waals surface area (Å²) < 4.78 is 18.5. The van der Waals surface area contributed by atoms with Gasteiger partial charge in [-0.25, -0.2) is 4.39 Å². The van der Waals surface area contributed by atoms with E-state index in [1.807, 2.05) is 12.1 Å². The second kappa shape index (κ2) is 4.88. The number of rotatable bonds is 2. The average Bonchev–Trinajstić information content (AvgIpc) is 3.08. The number of hydrogen-bond acceptors (Lipinski definition) is 2. The van der Waals surface area contributed by atoms with Crippen molar-refractivity contribution in [2.45, 2.75) is 12.3 Å². The third-order valence-corrected chi connectivity index (χ3v) is 3.49.